The lowest BCUT2D eigenvalue weighted by Gasteiger charge is -2.20. The van der Waals surface area contributed by atoms with Crippen LogP contribution < -0.4 is 10.3 Å². The summed E-state index contributed by atoms with van der Waals surface area (Å²) in [5, 5.41) is 4.74. The first-order chi connectivity index (χ1) is 12.6. The average molecular weight is 390 g/mol. The Bertz CT molecular complexity index is 713. The maximum absolute atomic E-state index is 11.8. The number of carbonyl (C=O) groups excluding carboxylic acids is 1. The van der Waals surface area contributed by atoms with Crippen LogP contribution in [0.15, 0.2) is 53.6 Å². The van der Waals surface area contributed by atoms with E-state index in [9.17, 15) is 4.79 Å². The van der Waals surface area contributed by atoms with Gasteiger partial charge in [-0.05, 0) is 49.2 Å². The highest BCUT2D eigenvalue weighted by molar-refractivity contribution is 7.99. The van der Waals surface area contributed by atoms with Gasteiger partial charge in [-0.25, -0.2) is 5.43 Å². The SMILES string of the molecule is CCN(CC)c1ccc(/C=N\NC(=O)CSCc2ccc(Cl)cc2)cc1. The molecule has 0 radical (unpaired) electrons. The fraction of sp³-hybridized carbons (Fsp3) is 0.300. The van der Waals surface area contributed by atoms with Gasteiger partial charge in [-0.2, -0.15) is 5.10 Å². The number of amides is 1. The maximum Gasteiger partial charge on any atom is 0.250 e. The molecule has 0 atom stereocenters. The number of thioether (sulfide) groups is 1. The van der Waals surface area contributed by atoms with Crippen LogP contribution in [0, 0.1) is 0 Å². The lowest BCUT2D eigenvalue weighted by atomic mass is 10.2. The highest BCUT2D eigenvalue weighted by Gasteiger charge is 2.02. The van der Waals surface area contributed by atoms with Crippen LogP contribution in [0.4, 0.5) is 5.69 Å². The fourth-order valence-electron chi connectivity index (χ4n) is 2.41. The number of halogens is 1. The van der Waals surface area contributed by atoms with E-state index in [1.807, 2.05) is 36.4 Å². The van der Waals surface area contributed by atoms with Crippen molar-refractivity contribution in [3.8, 4) is 0 Å². The Morgan fingerprint density at radius 1 is 1.12 bits per heavy atom. The molecule has 0 spiro atoms. The van der Waals surface area contributed by atoms with Crippen molar-refractivity contribution < 1.29 is 4.79 Å². The third-order valence-electron chi connectivity index (χ3n) is 3.84. The smallest absolute Gasteiger partial charge is 0.250 e. The van der Waals surface area contributed by atoms with Gasteiger partial charge in [0, 0.05) is 29.6 Å². The summed E-state index contributed by atoms with van der Waals surface area (Å²) in [6.45, 7) is 6.24. The van der Waals surface area contributed by atoms with Gasteiger partial charge in [-0.3, -0.25) is 4.79 Å². The van der Waals surface area contributed by atoms with Gasteiger partial charge in [0.2, 0.25) is 5.91 Å². The highest BCUT2D eigenvalue weighted by atomic mass is 35.5. The molecule has 0 fully saturated rings. The molecule has 0 saturated heterocycles. The summed E-state index contributed by atoms with van der Waals surface area (Å²) in [5.74, 6) is 1.02. The van der Waals surface area contributed by atoms with Crippen LogP contribution in [0.5, 0.6) is 0 Å². The summed E-state index contributed by atoms with van der Waals surface area (Å²) in [6.07, 6.45) is 1.66. The van der Waals surface area contributed by atoms with Crippen molar-refractivity contribution in [2.45, 2.75) is 19.6 Å². The van der Waals surface area contributed by atoms with Crippen molar-refractivity contribution in [2.24, 2.45) is 5.10 Å². The molecule has 6 heteroatoms. The van der Waals surface area contributed by atoms with Gasteiger partial charge >= 0.3 is 0 Å². The predicted octanol–water partition coefficient (Wildman–Crippen LogP) is 4.57. The second kappa shape index (κ2) is 10.9. The third kappa shape index (κ3) is 6.73. The summed E-state index contributed by atoms with van der Waals surface area (Å²) in [4.78, 5) is 14.1. The number of hydrogen-bond donors (Lipinski definition) is 1. The van der Waals surface area contributed by atoms with Crippen molar-refractivity contribution in [1.29, 1.82) is 0 Å². The Morgan fingerprint density at radius 3 is 2.38 bits per heavy atom. The van der Waals surface area contributed by atoms with Gasteiger partial charge in [0.1, 0.15) is 0 Å². The first-order valence-corrected chi connectivity index (χ1v) is 10.1. The van der Waals surface area contributed by atoms with Crippen LogP contribution in [-0.4, -0.2) is 31.0 Å². The molecule has 4 nitrogen and oxygen atoms in total. The summed E-state index contributed by atoms with van der Waals surface area (Å²) >= 11 is 7.40. The second-order valence-electron chi connectivity index (χ2n) is 5.68. The molecule has 2 aromatic rings. The van der Waals surface area contributed by atoms with Crippen LogP contribution in [0.1, 0.15) is 25.0 Å². The number of anilines is 1. The van der Waals surface area contributed by atoms with Crippen LogP contribution in [-0.2, 0) is 10.5 Å². The van der Waals surface area contributed by atoms with E-state index in [1.54, 1.807) is 18.0 Å². The van der Waals surface area contributed by atoms with Gasteiger partial charge in [0.05, 0.1) is 12.0 Å². The van der Waals surface area contributed by atoms with Gasteiger partial charge in [-0.15, -0.1) is 11.8 Å². The van der Waals surface area contributed by atoms with E-state index in [0.717, 1.165) is 35.0 Å². The average Bonchev–Trinajstić information content (AvgIpc) is 2.65. The molecule has 26 heavy (non-hydrogen) atoms. The number of nitrogens with one attached hydrogen (secondary N) is 1. The predicted molar refractivity (Wildman–Crippen MR) is 113 cm³/mol. The largest absolute Gasteiger partial charge is 0.372 e. The Kier molecular flexibility index (Phi) is 8.51. The number of nitrogens with zero attached hydrogens (tertiary/aromatic N) is 2. The van der Waals surface area contributed by atoms with Crippen molar-refractivity contribution >= 4 is 41.2 Å². The lowest BCUT2D eigenvalue weighted by molar-refractivity contribution is -0.118. The standard InChI is InChI=1S/C20H24ClN3OS/c1-3-24(4-2)19-11-7-16(8-12-19)13-22-23-20(25)15-26-14-17-5-9-18(21)10-6-17/h5-13H,3-4,14-15H2,1-2H3,(H,23,25)/b22-13-. The Morgan fingerprint density at radius 2 is 1.77 bits per heavy atom. The molecule has 0 saturated carbocycles. The molecule has 0 bridgehead atoms. The zero-order valence-corrected chi connectivity index (χ0v) is 16.7. The third-order valence-corrected chi connectivity index (χ3v) is 5.10. The molecular weight excluding hydrogens is 366 g/mol. The Labute approximate surface area is 164 Å². The number of hydrazone groups is 1. The molecule has 0 aliphatic rings. The molecule has 2 rings (SSSR count). The molecule has 1 N–H and O–H groups in total. The fourth-order valence-corrected chi connectivity index (χ4v) is 3.32. The molecule has 1 amide bonds. The first kappa shape index (κ1) is 20.3. The van der Waals surface area contributed by atoms with Gasteiger partial charge in [-0.1, -0.05) is 35.9 Å². The topological polar surface area (TPSA) is 44.7 Å². The zero-order valence-electron chi connectivity index (χ0n) is 15.1. The van der Waals surface area contributed by atoms with E-state index < -0.39 is 0 Å². The van der Waals surface area contributed by atoms with Gasteiger partial charge in [0.15, 0.2) is 0 Å². The Balaban J connectivity index is 1.73. The van der Waals surface area contributed by atoms with Gasteiger partial charge in [0.25, 0.3) is 0 Å². The zero-order chi connectivity index (χ0) is 18.8. The highest BCUT2D eigenvalue weighted by Crippen LogP contribution is 2.15. The number of hydrogen-bond acceptors (Lipinski definition) is 4. The van der Waals surface area contributed by atoms with E-state index in [1.165, 1.54) is 5.69 Å². The van der Waals surface area contributed by atoms with E-state index in [4.69, 9.17) is 11.6 Å². The van der Waals surface area contributed by atoms with Crippen molar-refractivity contribution in [2.75, 3.05) is 23.7 Å². The molecule has 138 valence electrons. The summed E-state index contributed by atoms with van der Waals surface area (Å²) in [5.41, 5.74) is 5.85. The maximum atomic E-state index is 11.8. The molecule has 2 aromatic carbocycles. The Hall–Kier alpha value is -1.98. The van der Waals surface area contributed by atoms with Crippen molar-refractivity contribution in [3.63, 3.8) is 0 Å². The number of benzene rings is 2. The molecule has 0 aromatic heterocycles. The minimum Gasteiger partial charge on any atom is -0.372 e. The van der Waals surface area contributed by atoms with Crippen LogP contribution in [0.2, 0.25) is 5.02 Å². The summed E-state index contributed by atoms with van der Waals surface area (Å²) in [6, 6.07) is 15.8. The minimum atomic E-state index is -0.111. The second-order valence-corrected chi connectivity index (χ2v) is 7.10. The molecule has 0 unspecified atom stereocenters. The van der Waals surface area contributed by atoms with E-state index in [-0.39, 0.29) is 5.91 Å². The van der Waals surface area contributed by atoms with Crippen molar-refractivity contribution in [1.82, 2.24) is 5.43 Å². The lowest BCUT2D eigenvalue weighted by Crippen LogP contribution is -2.21. The van der Waals surface area contributed by atoms with E-state index >= 15 is 0 Å². The van der Waals surface area contributed by atoms with Crippen LogP contribution in [0.3, 0.4) is 0 Å². The molecule has 0 aliphatic heterocycles. The minimum absolute atomic E-state index is 0.111. The number of carbonyl (C=O) groups is 1. The van der Waals surface area contributed by atoms with E-state index in [2.05, 4.69) is 41.4 Å². The quantitative estimate of drug-likeness (QED) is 0.504. The van der Waals surface area contributed by atoms with Gasteiger partial charge < -0.3 is 4.90 Å². The normalized spacial score (nSPS) is 10.9. The summed E-state index contributed by atoms with van der Waals surface area (Å²) in [7, 11) is 0. The monoisotopic (exact) mass is 389 g/mol. The molecule has 0 heterocycles. The summed E-state index contributed by atoms with van der Waals surface area (Å²) < 4.78 is 0. The molecule has 0 aliphatic carbocycles. The number of rotatable bonds is 9. The van der Waals surface area contributed by atoms with Crippen LogP contribution in [0.25, 0.3) is 0 Å². The first-order valence-electron chi connectivity index (χ1n) is 8.61. The van der Waals surface area contributed by atoms with E-state index in [0.29, 0.717) is 5.75 Å². The van der Waals surface area contributed by atoms with Crippen LogP contribution >= 0.6 is 23.4 Å². The molecular formula is C20H24ClN3OS. The van der Waals surface area contributed by atoms with Crippen molar-refractivity contribution in [3.05, 3.63) is 64.7 Å².